The molecule has 1 aromatic carbocycles. The normalized spacial score (nSPS) is 10.6. The molecule has 3 nitrogen and oxygen atoms in total. The lowest BCUT2D eigenvalue weighted by molar-refractivity contribution is 0.461. The largest absolute Gasteiger partial charge is 0.439 e. The molecule has 0 amide bonds. The molecule has 0 bridgehead atoms. The zero-order valence-electron chi connectivity index (χ0n) is 12.2. The van der Waals surface area contributed by atoms with Gasteiger partial charge in [-0.2, -0.15) is 0 Å². The summed E-state index contributed by atoms with van der Waals surface area (Å²) < 4.78 is 5.77. The molecule has 5 heteroatoms. The van der Waals surface area contributed by atoms with Gasteiger partial charge in [-0.05, 0) is 49.1 Å². The second-order valence-electron chi connectivity index (χ2n) is 4.57. The predicted octanol–water partition coefficient (Wildman–Crippen LogP) is 4.75. The third kappa shape index (κ3) is 4.92. The van der Waals surface area contributed by atoms with Gasteiger partial charge in [0.2, 0.25) is 5.88 Å². The average Bonchev–Trinajstić information content (AvgIpc) is 2.51. The van der Waals surface area contributed by atoms with E-state index in [1.165, 1.54) is 4.90 Å². The van der Waals surface area contributed by atoms with Gasteiger partial charge in [0.1, 0.15) is 5.75 Å². The number of aromatic nitrogens is 1. The van der Waals surface area contributed by atoms with Crippen LogP contribution in [0.4, 0.5) is 0 Å². The van der Waals surface area contributed by atoms with Crippen LogP contribution in [0, 0.1) is 0 Å². The number of thioether (sulfide) groups is 1. The Hall–Kier alpha value is -1.23. The van der Waals surface area contributed by atoms with E-state index in [4.69, 9.17) is 16.3 Å². The van der Waals surface area contributed by atoms with E-state index in [-0.39, 0.29) is 0 Å². The van der Waals surface area contributed by atoms with Crippen molar-refractivity contribution in [3.05, 3.63) is 47.1 Å². The number of hydrogen-bond donors (Lipinski definition) is 1. The number of ether oxygens (including phenoxy) is 1. The molecule has 1 aromatic heterocycles. The Morgan fingerprint density at radius 1 is 1.29 bits per heavy atom. The molecule has 21 heavy (non-hydrogen) atoms. The molecule has 0 spiro atoms. The first-order valence-corrected chi connectivity index (χ1v) is 8.50. The van der Waals surface area contributed by atoms with Crippen LogP contribution < -0.4 is 10.1 Å². The number of rotatable bonds is 7. The predicted molar refractivity (Wildman–Crippen MR) is 89.5 cm³/mol. The fourth-order valence-electron chi connectivity index (χ4n) is 1.81. The van der Waals surface area contributed by atoms with Gasteiger partial charge >= 0.3 is 0 Å². The molecule has 0 radical (unpaired) electrons. The van der Waals surface area contributed by atoms with Gasteiger partial charge < -0.3 is 10.1 Å². The maximum atomic E-state index is 6.16. The average molecular weight is 323 g/mol. The Bertz CT molecular complexity index is 575. The highest BCUT2D eigenvalue weighted by molar-refractivity contribution is 7.98. The fraction of sp³-hybridized carbons (Fsp3) is 0.312. The number of hydrogen-bond acceptors (Lipinski definition) is 4. The van der Waals surface area contributed by atoms with Crippen molar-refractivity contribution in [2.75, 3.05) is 12.8 Å². The zero-order chi connectivity index (χ0) is 15.1. The zero-order valence-corrected chi connectivity index (χ0v) is 13.8. The molecular formula is C16H19ClN2OS. The number of halogens is 1. The highest BCUT2D eigenvalue weighted by atomic mass is 35.5. The Morgan fingerprint density at radius 3 is 2.71 bits per heavy atom. The first-order valence-electron chi connectivity index (χ1n) is 6.90. The number of nitrogens with zero attached hydrogens (tertiary/aromatic N) is 1. The molecule has 0 saturated heterocycles. The first-order chi connectivity index (χ1) is 10.2. The van der Waals surface area contributed by atoms with Crippen LogP contribution in [0.5, 0.6) is 11.6 Å². The van der Waals surface area contributed by atoms with Crippen LogP contribution in [0.15, 0.2) is 41.4 Å². The maximum absolute atomic E-state index is 6.16. The summed E-state index contributed by atoms with van der Waals surface area (Å²) in [5.41, 5.74) is 0.996. The summed E-state index contributed by atoms with van der Waals surface area (Å²) in [6.45, 7) is 3.82. The number of pyridine rings is 1. The Kier molecular flexibility index (Phi) is 6.36. The van der Waals surface area contributed by atoms with Gasteiger partial charge in [0, 0.05) is 23.7 Å². The van der Waals surface area contributed by atoms with Crippen LogP contribution in [0.2, 0.25) is 5.02 Å². The fourth-order valence-corrected chi connectivity index (χ4v) is 2.39. The molecule has 0 aliphatic carbocycles. The van der Waals surface area contributed by atoms with Crippen molar-refractivity contribution in [2.24, 2.45) is 0 Å². The van der Waals surface area contributed by atoms with Crippen molar-refractivity contribution in [1.29, 1.82) is 0 Å². The second-order valence-corrected chi connectivity index (χ2v) is 5.86. The van der Waals surface area contributed by atoms with E-state index in [1.54, 1.807) is 18.0 Å². The summed E-state index contributed by atoms with van der Waals surface area (Å²) >= 11 is 7.86. The summed E-state index contributed by atoms with van der Waals surface area (Å²) in [4.78, 5) is 5.42. The van der Waals surface area contributed by atoms with Gasteiger partial charge in [-0.1, -0.05) is 18.5 Å². The van der Waals surface area contributed by atoms with E-state index in [2.05, 4.69) is 17.2 Å². The summed E-state index contributed by atoms with van der Waals surface area (Å²) in [6, 6.07) is 9.82. The van der Waals surface area contributed by atoms with Gasteiger partial charge in [-0.25, -0.2) is 4.98 Å². The summed E-state index contributed by atoms with van der Waals surface area (Å²) in [5.74, 6) is 1.33. The molecule has 0 fully saturated rings. The minimum atomic E-state index is 0.560. The van der Waals surface area contributed by atoms with E-state index in [1.807, 2.05) is 36.6 Å². The maximum Gasteiger partial charge on any atom is 0.219 e. The monoisotopic (exact) mass is 322 g/mol. The SMILES string of the molecule is CCCNCc1cc(Oc2ccc(SC)cc2)ncc1Cl. The van der Waals surface area contributed by atoms with E-state index in [0.29, 0.717) is 10.9 Å². The third-order valence-corrected chi connectivity index (χ3v) is 4.02. The molecule has 2 rings (SSSR count). The van der Waals surface area contributed by atoms with Crippen molar-refractivity contribution in [1.82, 2.24) is 10.3 Å². The lowest BCUT2D eigenvalue weighted by atomic mass is 10.2. The van der Waals surface area contributed by atoms with Crippen LogP contribution in [0.25, 0.3) is 0 Å². The van der Waals surface area contributed by atoms with Crippen molar-refractivity contribution in [2.45, 2.75) is 24.8 Å². The molecule has 1 heterocycles. The van der Waals surface area contributed by atoms with Crippen LogP contribution >= 0.6 is 23.4 Å². The molecular weight excluding hydrogens is 304 g/mol. The standard InChI is InChI=1S/C16H19ClN2OS/c1-3-8-18-10-12-9-16(19-11-15(12)17)20-13-4-6-14(21-2)7-5-13/h4-7,9,11,18H,3,8,10H2,1-2H3. The Morgan fingerprint density at radius 2 is 2.05 bits per heavy atom. The van der Waals surface area contributed by atoms with Crippen LogP contribution in [0.3, 0.4) is 0 Å². The molecule has 0 aliphatic rings. The van der Waals surface area contributed by atoms with Gasteiger partial charge in [-0.3, -0.25) is 0 Å². The highest BCUT2D eigenvalue weighted by Gasteiger charge is 2.05. The van der Waals surface area contributed by atoms with Crippen LogP contribution in [-0.2, 0) is 6.54 Å². The molecule has 0 saturated carbocycles. The van der Waals surface area contributed by atoms with Crippen molar-refractivity contribution >= 4 is 23.4 Å². The summed E-state index contributed by atoms with van der Waals surface area (Å²) in [7, 11) is 0. The third-order valence-electron chi connectivity index (χ3n) is 2.93. The minimum Gasteiger partial charge on any atom is -0.439 e. The minimum absolute atomic E-state index is 0.560. The van der Waals surface area contributed by atoms with Crippen LogP contribution in [-0.4, -0.2) is 17.8 Å². The summed E-state index contributed by atoms with van der Waals surface area (Å²) in [6.07, 6.45) is 4.77. The van der Waals surface area contributed by atoms with Crippen molar-refractivity contribution in [3.8, 4) is 11.6 Å². The van der Waals surface area contributed by atoms with Gasteiger partial charge in [0.15, 0.2) is 0 Å². The van der Waals surface area contributed by atoms with Crippen molar-refractivity contribution in [3.63, 3.8) is 0 Å². The van der Waals surface area contributed by atoms with Crippen LogP contribution in [0.1, 0.15) is 18.9 Å². The molecule has 1 N–H and O–H groups in total. The quantitative estimate of drug-likeness (QED) is 0.589. The topological polar surface area (TPSA) is 34.1 Å². The Labute approximate surface area is 135 Å². The molecule has 2 aromatic rings. The van der Waals surface area contributed by atoms with E-state index in [0.717, 1.165) is 30.8 Å². The molecule has 0 atom stereocenters. The van der Waals surface area contributed by atoms with E-state index < -0.39 is 0 Å². The van der Waals surface area contributed by atoms with Gasteiger partial charge in [-0.15, -0.1) is 11.8 Å². The smallest absolute Gasteiger partial charge is 0.219 e. The van der Waals surface area contributed by atoms with E-state index >= 15 is 0 Å². The lowest BCUT2D eigenvalue weighted by Gasteiger charge is -2.09. The Balaban J connectivity index is 2.06. The van der Waals surface area contributed by atoms with Gasteiger partial charge in [0.05, 0.1) is 5.02 Å². The molecule has 112 valence electrons. The second kappa shape index (κ2) is 8.27. The first kappa shape index (κ1) is 16.1. The van der Waals surface area contributed by atoms with Gasteiger partial charge in [0.25, 0.3) is 0 Å². The summed E-state index contributed by atoms with van der Waals surface area (Å²) in [5, 5.41) is 3.98. The number of nitrogens with one attached hydrogen (secondary N) is 1. The van der Waals surface area contributed by atoms with Crippen molar-refractivity contribution < 1.29 is 4.74 Å². The molecule has 0 aliphatic heterocycles. The molecule has 0 unspecified atom stereocenters. The number of benzene rings is 1. The lowest BCUT2D eigenvalue weighted by Crippen LogP contribution is -2.14. The van der Waals surface area contributed by atoms with E-state index in [9.17, 15) is 0 Å². The highest BCUT2D eigenvalue weighted by Crippen LogP contribution is 2.25.